The minimum atomic E-state index is -0.670. The van der Waals surface area contributed by atoms with E-state index >= 15 is 0 Å². The Morgan fingerprint density at radius 2 is 0.960 bits per heavy atom. The van der Waals surface area contributed by atoms with Crippen LogP contribution < -0.4 is 0 Å². The summed E-state index contributed by atoms with van der Waals surface area (Å²) in [5, 5.41) is 0. The van der Waals surface area contributed by atoms with E-state index in [1.54, 1.807) is 0 Å². The van der Waals surface area contributed by atoms with Crippen molar-refractivity contribution in [2.75, 3.05) is 0 Å². The van der Waals surface area contributed by atoms with Crippen LogP contribution in [0.3, 0.4) is 0 Å². The van der Waals surface area contributed by atoms with Gasteiger partial charge in [0.1, 0.15) is 10.8 Å². The van der Waals surface area contributed by atoms with E-state index in [9.17, 15) is 0 Å². The predicted octanol–water partition coefficient (Wildman–Crippen LogP) is 9.18. The third-order valence-corrected chi connectivity index (χ3v) is 18.0. The van der Waals surface area contributed by atoms with Crippen LogP contribution in [0.5, 0.6) is 0 Å². The minimum absolute atomic E-state index is 0.0246. The van der Waals surface area contributed by atoms with E-state index in [0.717, 1.165) is 11.1 Å². The summed E-state index contributed by atoms with van der Waals surface area (Å²) in [5.41, 5.74) is 2.22. The molecule has 0 nitrogen and oxygen atoms in total. The fraction of sp³-hybridized carbons (Fsp3) is 0.294. The summed E-state index contributed by atoms with van der Waals surface area (Å²) < 4.78 is -1.83. The number of rotatable bonds is 6. The highest BCUT2D eigenvalue weighted by Crippen LogP contribution is 2.66. The molecule has 0 saturated carbocycles. The zero-order valence-corrected chi connectivity index (χ0v) is 25.1. The molecule has 0 amide bonds. The van der Waals surface area contributed by atoms with Crippen molar-refractivity contribution in [3.05, 3.63) is 71.8 Å². The highest BCUT2D eigenvalue weighted by atomic mass is 79.9. The lowest BCUT2D eigenvalue weighted by Gasteiger charge is -2.49. The number of hydrogen-bond acceptors (Lipinski definition) is 0. The quantitative estimate of drug-likeness (QED) is 0.255. The van der Waals surface area contributed by atoms with Gasteiger partial charge in [-0.2, -0.15) is 0 Å². The molecule has 136 valence electrons. The Morgan fingerprint density at radius 1 is 0.600 bits per heavy atom. The molecule has 0 saturated heterocycles. The molecule has 1 unspecified atom stereocenters. The Morgan fingerprint density at radius 3 is 1.28 bits per heavy atom. The molecule has 0 spiro atoms. The van der Waals surface area contributed by atoms with Gasteiger partial charge >= 0.3 is 0 Å². The van der Waals surface area contributed by atoms with E-state index in [1.165, 1.54) is 0 Å². The minimum Gasteiger partial charge on any atom is -0.0844 e. The molecule has 1 atom stereocenters. The van der Waals surface area contributed by atoms with E-state index < -0.39 is 10.8 Å². The highest BCUT2D eigenvalue weighted by Gasteiger charge is 2.62. The molecule has 2 aromatic rings. The Balaban J connectivity index is 2.72. The van der Waals surface area contributed by atoms with E-state index in [1.807, 2.05) is 36.4 Å². The summed E-state index contributed by atoms with van der Waals surface area (Å²) in [4.78, 5) is -0.0249. The first-order valence-electron chi connectivity index (χ1n) is 7.04. The molecule has 0 bridgehead atoms. The fourth-order valence-electron chi connectivity index (χ4n) is 2.43. The van der Waals surface area contributed by atoms with Gasteiger partial charge in [0.05, 0.1) is 8.56 Å². The van der Waals surface area contributed by atoms with Gasteiger partial charge in [0.25, 0.3) is 0 Å². The Kier molecular flexibility index (Phi) is 8.85. The first-order valence-corrected chi connectivity index (χ1v) is 13.8. The lowest BCUT2D eigenvalue weighted by atomic mass is 9.86. The molecule has 25 heavy (non-hydrogen) atoms. The molecule has 0 aromatic heterocycles. The molecule has 0 N–H and O–H groups in total. The largest absolute Gasteiger partial charge is 0.130 e. The zero-order valence-electron chi connectivity index (χ0n) is 12.5. The van der Waals surface area contributed by atoms with Crippen molar-refractivity contribution in [2.24, 2.45) is 0 Å². The van der Waals surface area contributed by atoms with Crippen LogP contribution in [0.4, 0.5) is 0 Å². The Bertz CT molecular complexity index is 645. The Labute approximate surface area is 215 Å². The lowest BCUT2D eigenvalue weighted by molar-refractivity contribution is 0.623. The fourth-order valence-corrected chi connectivity index (χ4v) is 9.50. The van der Waals surface area contributed by atoms with Crippen LogP contribution in [0.15, 0.2) is 60.7 Å². The van der Waals surface area contributed by atoms with Crippen LogP contribution in [-0.4, -0.2) is 15.0 Å². The predicted molar refractivity (Wildman–Crippen MR) is 138 cm³/mol. The highest BCUT2D eigenvalue weighted by molar-refractivity contribution is 9.31. The molecule has 0 aliphatic heterocycles. The lowest BCUT2D eigenvalue weighted by Crippen LogP contribution is -2.55. The number of benzene rings is 2. The second-order valence-corrected chi connectivity index (χ2v) is 17.7. The molecule has 8 heteroatoms. The second kappa shape index (κ2) is 9.40. The van der Waals surface area contributed by atoms with Crippen LogP contribution in [-0.2, 0) is 4.32 Å². The van der Waals surface area contributed by atoms with Gasteiger partial charge in [-0.25, -0.2) is 0 Å². The summed E-state index contributed by atoms with van der Waals surface area (Å²) in [7, 11) is 0. The maximum Gasteiger partial charge on any atom is 0.130 e. The summed E-state index contributed by atoms with van der Waals surface area (Å²) in [5.74, 6) is 0. The van der Waals surface area contributed by atoms with Crippen molar-refractivity contribution in [2.45, 2.75) is 19.4 Å². The second-order valence-electron chi connectivity index (χ2n) is 5.32. The molecular formula is C17H12Br8. The van der Waals surface area contributed by atoms with Crippen molar-refractivity contribution in [3.8, 4) is 0 Å². The molecule has 0 fully saturated rings. The molecule has 0 heterocycles. The molecule has 2 rings (SSSR count). The zero-order chi connectivity index (χ0) is 18.9. The average Bonchev–Trinajstić information content (AvgIpc) is 2.61. The van der Waals surface area contributed by atoms with Crippen LogP contribution >= 0.6 is 127 Å². The van der Waals surface area contributed by atoms with Gasteiger partial charge in [-0.1, -0.05) is 188 Å². The SMILES string of the molecule is BrC(Br)C(Br)C(Br)(Br)C(Br)(Br)C(Br)(c1ccccc1)c1ccccc1. The molecule has 0 aliphatic carbocycles. The smallest absolute Gasteiger partial charge is 0.0844 e. The monoisotopic (exact) mass is 847 g/mol. The number of halogens is 8. The first kappa shape index (κ1) is 23.6. The van der Waals surface area contributed by atoms with Crippen LogP contribution in [0.1, 0.15) is 11.1 Å². The van der Waals surface area contributed by atoms with Crippen LogP contribution in [0.25, 0.3) is 0 Å². The van der Waals surface area contributed by atoms with E-state index in [2.05, 4.69) is 152 Å². The summed E-state index contributed by atoms with van der Waals surface area (Å²) in [6.07, 6.45) is 0. The van der Waals surface area contributed by atoms with Gasteiger partial charge in [-0.3, -0.25) is 0 Å². The number of hydrogen-bond donors (Lipinski definition) is 0. The van der Waals surface area contributed by atoms with Crippen molar-refractivity contribution in [1.82, 2.24) is 0 Å². The van der Waals surface area contributed by atoms with Crippen molar-refractivity contribution < 1.29 is 0 Å². The maximum absolute atomic E-state index is 4.07. The van der Waals surface area contributed by atoms with Gasteiger partial charge < -0.3 is 0 Å². The summed E-state index contributed by atoms with van der Waals surface area (Å²) in [6.45, 7) is 0. The molecule has 0 radical (unpaired) electrons. The molecular weight excluding hydrogens is 843 g/mol. The average molecular weight is 856 g/mol. The van der Waals surface area contributed by atoms with Gasteiger partial charge in [0, 0.05) is 0 Å². The van der Waals surface area contributed by atoms with Crippen molar-refractivity contribution in [1.29, 1.82) is 0 Å². The topological polar surface area (TPSA) is 0 Å². The normalized spacial score (nSPS) is 14.6. The maximum atomic E-state index is 4.07. The van der Waals surface area contributed by atoms with Gasteiger partial charge in [0.15, 0.2) is 0 Å². The third-order valence-electron chi connectivity index (χ3n) is 3.76. The van der Waals surface area contributed by atoms with Crippen molar-refractivity contribution >= 4 is 127 Å². The van der Waals surface area contributed by atoms with Gasteiger partial charge in [-0.15, -0.1) is 0 Å². The van der Waals surface area contributed by atoms with Gasteiger partial charge in [0.2, 0.25) is 0 Å². The van der Waals surface area contributed by atoms with Crippen LogP contribution in [0.2, 0.25) is 0 Å². The van der Waals surface area contributed by atoms with Gasteiger partial charge in [-0.05, 0) is 11.1 Å². The summed E-state index contributed by atoms with van der Waals surface area (Å²) in [6, 6.07) is 20.6. The molecule has 2 aromatic carbocycles. The standard InChI is InChI=1S/C17H12Br8/c18-13(14(19)20)16(22,23)17(24,25)15(21,11-7-3-1-4-8-11)12-9-5-2-6-10-12/h1-10,13-14H. The Hall–Kier alpha value is 2.28. The van der Waals surface area contributed by atoms with E-state index in [0.29, 0.717) is 0 Å². The first-order chi connectivity index (χ1) is 11.6. The number of alkyl halides is 8. The third kappa shape index (κ3) is 4.56. The van der Waals surface area contributed by atoms with Crippen LogP contribution in [0, 0.1) is 0 Å². The van der Waals surface area contributed by atoms with E-state index in [4.69, 9.17) is 0 Å². The summed E-state index contributed by atoms with van der Waals surface area (Å²) >= 11 is 30.8. The molecule has 0 aliphatic rings. The van der Waals surface area contributed by atoms with E-state index in [-0.39, 0.29) is 8.56 Å². The van der Waals surface area contributed by atoms with Crippen molar-refractivity contribution in [3.63, 3.8) is 0 Å².